The zero-order valence-corrected chi connectivity index (χ0v) is 17.4. The van der Waals surface area contributed by atoms with E-state index in [9.17, 15) is 22.8 Å². The van der Waals surface area contributed by atoms with Crippen molar-refractivity contribution in [3.63, 3.8) is 0 Å². The summed E-state index contributed by atoms with van der Waals surface area (Å²) in [5.41, 5.74) is 1.66. The average molecular weight is 458 g/mol. The molecule has 0 saturated carbocycles. The van der Waals surface area contributed by atoms with Crippen LogP contribution in [-0.2, 0) is 17.4 Å². The molecule has 2 atom stereocenters. The van der Waals surface area contributed by atoms with Crippen molar-refractivity contribution in [2.45, 2.75) is 36.6 Å². The first-order valence-corrected chi connectivity index (χ1v) is 11.0. The van der Waals surface area contributed by atoms with Crippen LogP contribution in [-0.4, -0.2) is 21.4 Å². The number of aromatic nitrogens is 1. The van der Waals surface area contributed by atoms with Gasteiger partial charge in [-0.2, -0.15) is 13.2 Å². The topological polar surface area (TPSA) is 68.3 Å². The van der Waals surface area contributed by atoms with E-state index in [4.69, 9.17) is 4.74 Å². The van der Waals surface area contributed by atoms with Gasteiger partial charge in [0.2, 0.25) is 5.91 Å². The van der Waals surface area contributed by atoms with E-state index >= 15 is 0 Å². The van der Waals surface area contributed by atoms with Crippen molar-refractivity contribution in [2.24, 2.45) is 0 Å². The zero-order valence-electron chi connectivity index (χ0n) is 16.6. The van der Waals surface area contributed by atoms with Gasteiger partial charge < -0.3 is 4.74 Å². The number of nitrogens with zero attached hydrogens (tertiary/aromatic N) is 1. The molecule has 0 radical (unpaired) electrons. The molecule has 9 heteroatoms. The Morgan fingerprint density at radius 1 is 1.09 bits per heavy atom. The zero-order chi connectivity index (χ0) is 22.5. The fourth-order valence-corrected chi connectivity index (χ4v) is 5.36. The molecule has 1 saturated heterocycles. The maximum atomic E-state index is 13.2. The van der Waals surface area contributed by atoms with Crippen molar-refractivity contribution in [3.8, 4) is 11.5 Å². The molecule has 5 nitrogen and oxygen atoms in total. The summed E-state index contributed by atoms with van der Waals surface area (Å²) < 4.78 is 45.5. The number of hydrogen-bond donors (Lipinski definition) is 1. The molecular weight excluding hydrogens is 441 g/mol. The highest BCUT2D eigenvalue weighted by atomic mass is 32.2. The number of thioether (sulfide) groups is 1. The van der Waals surface area contributed by atoms with Gasteiger partial charge in [-0.3, -0.25) is 19.9 Å². The molecule has 2 aromatic carbocycles. The fraction of sp³-hybridized carbons (Fsp3) is 0.261. The molecule has 1 aromatic heterocycles. The van der Waals surface area contributed by atoms with Crippen LogP contribution in [0.1, 0.15) is 35.4 Å². The smallest absolute Gasteiger partial charge is 0.416 e. The molecule has 0 bridgehead atoms. The van der Waals surface area contributed by atoms with Crippen molar-refractivity contribution < 1.29 is 27.5 Å². The number of nitrogens with one attached hydrogen (secondary N) is 1. The second kappa shape index (κ2) is 7.81. The average Bonchev–Trinajstić information content (AvgIpc) is 3.10. The normalized spacial score (nSPS) is 20.8. The Hall–Kier alpha value is -3.07. The molecule has 1 fully saturated rings. The summed E-state index contributed by atoms with van der Waals surface area (Å²) in [6, 6.07) is 10.4. The molecule has 0 spiro atoms. The molecule has 1 aliphatic carbocycles. The highest BCUT2D eigenvalue weighted by Gasteiger charge is 2.40. The lowest BCUT2D eigenvalue weighted by atomic mass is 9.80. The molecule has 2 heterocycles. The van der Waals surface area contributed by atoms with Crippen LogP contribution in [0.15, 0.2) is 48.7 Å². The largest absolute Gasteiger partial charge is 0.457 e. The summed E-state index contributed by atoms with van der Waals surface area (Å²) in [6.07, 6.45) is -0.501. The van der Waals surface area contributed by atoms with Gasteiger partial charge in [0.05, 0.1) is 11.1 Å². The lowest BCUT2D eigenvalue weighted by molar-refractivity contribution is -0.137. The van der Waals surface area contributed by atoms with Gasteiger partial charge in [-0.05, 0) is 66.8 Å². The third-order valence-corrected chi connectivity index (χ3v) is 6.93. The number of amides is 2. The number of halogens is 3. The summed E-state index contributed by atoms with van der Waals surface area (Å²) >= 11 is 1.03. The minimum atomic E-state index is -4.46. The van der Waals surface area contributed by atoms with E-state index in [-0.39, 0.29) is 28.2 Å². The van der Waals surface area contributed by atoms with Crippen LogP contribution in [0.25, 0.3) is 10.9 Å². The molecule has 2 amide bonds. The molecule has 5 rings (SSSR count). The van der Waals surface area contributed by atoms with Crippen LogP contribution < -0.4 is 10.1 Å². The molecule has 3 aromatic rings. The molecule has 1 unspecified atom stereocenters. The van der Waals surface area contributed by atoms with Crippen LogP contribution in [0.2, 0.25) is 0 Å². The van der Waals surface area contributed by atoms with E-state index in [0.717, 1.165) is 54.3 Å². The van der Waals surface area contributed by atoms with Crippen molar-refractivity contribution in [3.05, 3.63) is 65.4 Å². The second-order valence-corrected chi connectivity index (χ2v) is 8.93. The monoisotopic (exact) mass is 458 g/mol. The maximum absolute atomic E-state index is 13.2. The molecule has 32 heavy (non-hydrogen) atoms. The van der Waals surface area contributed by atoms with Gasteiger partial charge in [-0.25, -0.2) is 0 Å². The van der Waals surface area contributed by atoms with Gasteiger partial charge in [0, 0.05) is 17.5 Å². The van der Waals surface area contributed by atoms with E-state index in [0.29, 0.717) is 11.3 Å². The highest BCUT2D eigenvalue weighted by molar-refractivity contribution is 8.15. The Balaban J connectivity index is 1.47. The Morgan fingerprint density at radius 3 is 2.69 bits per heavy atom. The third-order valence-electron chi connectivity index (χ3n) is 5.81. The maximum Gasteiger partial charge on any atom is 0.416 e. The van der Waals surface area contributed by atoms with E-state index < -0.39 is 17.0 Å². The Bertz CT molecular complexity index is 1240. The summed E-state index contributed by atoms with van der Waals surface area (Å²) in [4.78, 5) is 27.9. The van der Waals surface area contributed by atoms with Gasteiger partial charge in [0.25, 0.3) is 5.24 Å². The standard InChI is InChI=1S/C23H17F3N2O3S/c24-23(25,26)13-4-7-18-17(11-13)19(8-9-27-18)31-14-5-6-15-12(10-14)2-1-3-16(15)20-21(29)28-22(30)32-20/h4-11,16,20H,1-3H2,(H,28,29,30)/t16-,20?/m1/s1. The molecular formula is C23H17F3N2O3S. The first-order chi connectivity index (χ1) is 15.3. The number of alkyl halides is 3. The van der Waals surface area contributed by atoms with E-state index in [2.05, 4.69) is 10.3 Å². The molecule has 1 aliphatic heterocycles. The number of imide groups is 1. The SMILES string of the molecule is O=C1NC(=O)C([C@@H]2CCCc3cc(Oc4ccnc5ccc(C(F)(F)F)cc45)ccc32)S1. The second-order valence-electron chi connectivity index (χ2n) is 7.82. The summed E-state index contributed by atoms with van der Waals surface area (Å²) in [5, 5.41) is 1.85. The van der Waals surface area contributed by atoms with Crippen molar-refractivity contribution in [1.29, 1.82) is 0 Å². The summed E-state index contributed by atoms with van der Waals surface area (Å²) in [5.74, 6) is 0.445. The van der Waals surface area contributed by atoms with Crippen LogP contribution >= 0.6 is 11.8 Å². The first kappa shape index (κ1) is 20.8. The number of hydrogen-bond acceptors (Lipinski definition) is 5. The van der Waals surface area contributed by atoms with Gasteiger partial charge in [0.15, 0.2) is 0 Å². The first-order valence-electron chi connectivity index (χ1n) is 10.1. The minimum Gasteiger partial charge on any atom is -0.457 e. The number of ether oxygens (including phenoxy) is 1. The fourth-order valence-electron chi connectivity index (χ4n) is 4.35. The van der Waals surface area contributed by atoms with E-state index in [1.54, 1.807) is 6.07 Å². The van der Waals surface area contributed by atoms with Crippen LogP contribution in [0.5, 0.6) is 11.5 Å². The van der Waals surface area contributed by atoms with Crippen molar-refractivity contribution >= 4 is 33.8 Å². The number of carbonyl (C=O) groups excluding carboxylic acids is 2. The Kier molecular flexibility index (Phi) is 5.08. The molecule has 1 N–H and O–H groups in total. The van der Waals surface area contributed by atoms with E-state index in [1.807, 2.05) is 12.1 Å². The lowest BCUT2D eigenvalue weighted by Crippen LogP contribution is -2.30. The van der Waals surface area contributed by atoms with Crippen LogP contribution in [0.3, 0.4) is 0 Å². The summed E-state index contributed by atoms with van der Waals surface area (Å²) in [6.45, 7) is 0. The quantitative estimate of drug-likeness (QED) is 0.536. The number of carbonyl (C=O) groups is 2. The van der Waals surface area contributed by atoms with E-state index in [1.165, 1.54) is 18.3 Å². The van der Waals surface area contributed by atoms with Gasteiger partial charge in [-0.1, -0.05) is 17.8 Å². The molecule has 2 aliphatic rings. The predicted molar refractivity (Wildman–Crippen MR) is 114 cm³/mol. The number of pyridine rings is 1. The predicted octanol–water partition coefficient (Wildman–Crippen LogP) is 5.82. The highest BCUT2D eigenvalue weighted by Crippen LogP contribution is 2.43. The number of fused-ring (bicyclic) bond motifs is 2. The van der Waals surface area contributed by atoms with Gasteiger partial charge >= 0.3 is 6.18 Å². The molecule has 164 valence electrons. The lowest BCUT2D eigenvalue weighted by Gasteiger charge is -2.28. The van der Waals surface area contributed by atoms with Gasteiger partial charge in [0.1, 0.15) is 16.7 Å². The number of aryl methyl sites for hydroxylation is 1. The Labute approximate surface area is 185 Å². The van der Waals surface area contributed by atoms with Crippen LogP contribution in [0.4, 0.5) is 18.0 Å². The number of rotatable bonds is 3. The van der Waals surface area contributed by atoms with Crippen molar-refractivity contribution in [2.75, 3.05) is 0 Å². The Morgan fingerprint density at radius 2 is 1.94 bits per heavy atom. The summed E-state index contributed by atoms with van der Waals surface area (Å²) in [7, 11) is 0. The minimum absolute atomic E-state index is 0.0691. The van der Waals surface area contributed by atoms with Crippen LogP contribution in [0, 0.1) is 0 Å². The van der Waals surface area contributed by atoms with Gasteiger partial charge in [-0.15, -0.1) is 0 Å². The van der Waals surface area contributed by atoms with Crippen molar-refractivity contribution in [1.82, 2.24) is 10.3 Å². The third kappa shape index (κ3) is 3.81. The number of benzene rings is 2.